The van der Waals surface area contributed by atoms with Crippen LogP contribution in [0.5, 0.6) is 0 Å². The lowest BCUT2D eigenvalue weighted by Gasteiger charge is -2.71. The largest absolute Gasteiger partial charge is 0.456 e. The number of rotatable bonds is 5. The second-order valence-corrected chi connectivity index (χ2v) is 19.1. The van der Waals surface area contributed by atoms with Gasteiger partial charge in [0.2, 0.25) is 0 Å². The van der Waals surface area contributed by atoms with Crippen LogP contribution in [0.4, 0.5) is 0 Å². The fourth-order valence-corrected chi connectivity index (χ4v) is 12.9. The Morgan fingerprint density at radius 3 is 2.08 bits per heavy atom. The van der Waals surface area contributed by atoms with Crippen molar-refractivity contribution in [3.63, 3.8) is 0 Å². The van der Waals surface area contributed by atoms with Crippen LogP contribution in [-0.4, -0.2) is 54.7 Å². The zero-order valence-electron chi connectivity index (χ0n) is 31.9. The van der Waals surface area contributed by atoms with Gasteiger partial charge in [-0.2, -0.15) is 0 Å². The third-order valence-electron chi connectivity index (χ3n) is 15.6. The average Bonchev–Trinajstić information content (AvgIpc) is 2.98. The molecule has 4 saturated carbocycles. The first-order chi connectivity index (χ1) is 22.7. The predicted octanol–water partition coefficient (Wildman–Crippen LogP) is 7.94. The van der Waals surface area contributed by atoms with Crippen LogP contribution >= 0.6 is 0 Å². The minimum atomic E-state index is -0.941. The molecule has 0 spiro atoms. The van der Waals surface area contributed by atoms with E-state index in [-0.39, 0.29) is 39.1 Å². The molecule has 8 heteroatoms. The molecule has 1 saturated heterocycles. The summed E-state index contributed by atoms with van der Waals surface area (Å²) in [5.41, 5.74) is 1.77. The molecule has 0 aromatic rings. The molecule has 6 aliphatic rings. The van der Waals surface area contributed by atoms with Crippen LogP contribution in [0.1, 0.15) is 140 Å². The number of Topliss-reactive ketones (excluding diaryl/α,β-unsaturated/α-hetero) is 1. The van der Waals surface area contributed by atoms with Crippen LogP contribution in [-0.2, 0) is 38.1 Å². The Kier molecular flexibility index (Phi) is 9.10. The number of hydrogen-bond donors (Lipinski definition) is 0. The summed E-state index contributed by atoms with van der Waals surface area (Å²) in [5, 5.41) is 0. The van der Waals surface area contributed by atoms with Gasteiger partial charge in [0.05, 0.1) is 12.7 Å². The average molecular weight is 683 g/mol. The van der Waals surface area contributed by atoms with E-state index in [1.807, 2.05) is 0 Å². The van der Waals surface area contributed by atoms with Crippen molar-refractivity contribution >= 4 is 23.7 Å². The fraction of sp³-hybridized carbons (Fsp3) is 0.854. The van der Waals surface area contributed by atoms with Gasteiger partial charge in [0, 0.05) is 32.6 Å². The molecule has 1 heterocycles. The standard InChI is InChI=1S/C41H62O8/c1-24(42)47-30-23-46-29(34(48-25(2)43)35(30)49-26(3)44)22-41-19-17-36(4,5)21-28(41)27-11-12-32-38(8)15-14-33(45)37(6,7)31(38)13-16-40(32,10)39(27,9)18-20-41/h11,28-32,34-35H,12-23H2,1-10H3/t28?,29-,30+,31?,32?,34?,35-,38-,39+,40+,41+/m0/s1. The van der Waals surface area contributed by atoms with Crippen molar-refractivity contribution in [1.82, 2.24) is 0 Å². The molecule has 4 unspecified atom stereocenters. The van der Waals surface area contributed by atoms with Gasteiger partial charge < -0.3 is 18.9 Å². The predicted molar refractivity (Wildman–Crippen MR) is 185 cm³/mol. The number of ether oxygens (including phenoxy) is 4. The lowest BCUT2D eigenvalue weighted by Crippen LogP contribution is -2.64. The molecule has 0 amide bonds. The second-order valence-electron chi connectivity index (χ2n) is 19.1. The second kappa shape index (κ2) is 12.2. The Bertz CT molecular complexity index is 1410. The van der Waals surface area contributed by atoms with E-state index in [1.54, 1.807) is 5.57 Å². The fourth-order valence-electron chi connectivity index (χ4n) is 12.9. The molecular weight excluding hydrogens is 620 g/mol. The van der Waals surface area contributed by atoms with Crippen molar-refractivity contribution in [1.29, 1.82) is 0 Å². The highest BCUT2D eigenvalue weighted by molar-refractivity contribution is 5.85. The van der Waals surface area contributed by atoms with Gasteiger partial charge in [-0.25, -0.2) is 0 Å². The van der Waals surface area contributed by atoms with Gasteiger partial charge in [-0.1, -0.05) is 60.1 Å². The maximum atomic E-state index is 13.2. The summed E-state index contributed by atoms with van der Waals surface area (Å²) in [5.74, 6) is 0.220. The molecule has 0 N–H and O–H groups in total. The van der Waals surface area contributed by atoms with E-state index in [0.29, 0.717) is 36.4 Å². The van der Waals surface area contributed by atoms with Gasteiger partial charge in [0.15, 0.2) is 18.3 Å². The number of carbonyl (C=O) groups is 4. The number of esters is 3. The van der Waals surface area contributed by atoms with Gasteiger partial charge in [-0.15, -0.1) is 0 Å². The topological polar surface area (TPSA) is 105 Å². The monoisotopic (exact) mass is 682 g/mol. The summed E-state index contributed by atoms with van der Waals surface area (Å²) in [7, 11) is 0. The van der Waals surface area contributed by atoms with Crippen molar-refractivity contribution < 1.29 is 38.1 Å². The number of carbonyl (C=O) groups excluding carboxylic acids is 4. The van der Waals surface area contributed by atoms with Crippen LogP contribution in [0, 0.1) is 50.2 Å². The molecule has 0 bridgehead atoms. The SMILES string of the molecule is CC(=O)OC1[C@H](C[C@]23CCC(C)(C)CC2C2=CCC4[C@@]5(C)CCC(=O)C(C)(C)C5CC[C@@]4(C)[C@]2(C)CC3)OC[C@@H](OC(C)=O)[C@@H]1OC(C)=O. The minimum Gasteiger partial charge on any atom is -0.456 e. The first-order valence-electron chi connectivity index (χ1n) is 19.1. The van der Waals surface area contributed by atoms with Gasteiger partial charge in [-0.3, -0.25) is 19.2 Å². The molecule has 6 rings (SSSR count). The minimum absolute atomic E-state index is 0.0422. The molecule has 0 radical (unpaired) electrons. The number of hydrogen-bond acceptors (Lipinski definition) is 8. The molecule has 1 aliphatic heterocycles. The van der Waals surface area contributed by atoms with Crippen LogP contribution in [0.15, 0.2) is 11.6 Å². The van der Waals surface area contributed by atoms with E-state index < -0.39 is 42.3 Å². The first kappa shape index (κ1) is 36.6. The maximum Gasteiger partial charge on any atom is 0.303 e. The van der Waals surface area contributed by atoms with Crippen LogP contribution in [0.2, 0.25) is 0 Å². The van der Waals surface area contributed by atoms with Crippen LogP contribution < -0.4 is 0 Å². The molecule has 8 nitrogen and oxygen atoms in total. The Balaban J connectivity index is 1.37. The van der Waals surface area contributed by atoms with E-state index in [1.165, 1.54) is 20.8 Å². The quantitative estimate of drug-likeness (QED) is 0.164. The molecule has 274 valence electrons. The first-order valence-corrected chi connectivity index (χ1v) is 19.1. The summed E-state index contributed by atoms with van der Waals surface area (Å²) < 4.78 is 23.7. The Hall–Kier alpha value is -2.22. The van der Waals surface area contributed by atoms with Crippen molar-refractivity contribution in [2.24, 2.45) is 50.2 Å². The highest BCUT2D eigenvalue weighted by Crippen LogP contribution is 2.76. The smallest absolute Gasteiger partial charge is 0.303 e. The Labute approximate surface area is 294 Å². The van der Waals surface area contributed by atoms with E-state index in [2.05, 4.69) is 54.5 Å². The summed E-state index contributed by atoms with van der Waals surface area (Å²) in [6.07, 6.45) is 10.5. The van der Waals surface area contributed by atoms with Crippen LogP contribution in [0.3, 0.4) is 0 Å². The van der Waals surface area contributed by atoms with E-state index >= 15 is 0 Å². The van der Waals surface area contributed by atoms with Crippen molar-refractivity contribution in [2.75, 3.05) is 6.61 Å². The third-order valence-corrected chi connectivity index (χ3v) is 15.6. The molecule has 49 heavy (non-hydrogen) atoms. The number of fused-ring (bicyclic) bond motifs is 7. The molecule has 5 fully saturated rings. The summed E-state index contributed by atoms with van der Waals surface area (Å²) in [4.78, 5) is 50.0. The van der Waals surface area contributed by atoms with E-state index in [9.17, 15) is 19.2 Å². The zero-order chi connectivity index (χ0) is 35.9. The third kappa shape index (κ3) is 5.82. The molecule has 0 aromatic carbocycles. The number of ketones is 1. The van der Waals surface area contributed by atoms with Crippen molar-refractivity contribution in [3.8, 4) is 0 Å². The summed E-state index contributed by atoms with van der Waals surface area (Å²) in [6.45, 7) is 21.0. The summed E-state index contributed by atoms with van der Waals surface area (Å²) >= 11 is 0. The van der Waals surface area contributed by atoms with E-state index in [0.717, 1.165) is 57.8 Å². The Morgan fingerprint density at radius 2 is 1.43 bits per heavy atom. The molecule has 11 atom stereocenters. The maximum absolute atomic E-state index is 13.2. The zero-order valence-corrected chi connectivity index (χ0v) is 31.9. The lowest BCUT2D eigenvalue weighted by molar-refractivity contribution is -0.234. The van der Waals surface area contributed by atoms with Crippen molar-refractivity contribution in [3.05, 3.63) is 11.6 Å². The van der Waals surface area contributed by atoms with Gasteiger partial charge in [0.25, 0.3) is 0 Å². The molecule has 0 aromatic heterocycles. The van der Waals surface area contributed by atoms with E-state index in [4.69, 9.17) is 18.9 Å². The molecule has 5 aliphatic carbocycles. The van der Waals surface area contributed by atoms with Gasteiger partial charge in [0.1, 0.15) is 5.78 Å². The van der Waals surface area contributed by atoms with Gasteiger partial charge >= 0.3 is 17.9 Å². The number of allylic oxidation sites excluding steroid dienone is 2. The normalized spacial score (nSPS) is 45.3. The van der Waals surface area contributed by atoms with Crippen LogP contribution in [0.25, 0.3) is 0 Å². The van der Waals surface area contributed by atoms with Crippen molar-refractivity contribution in [2.45, 2.75) is 164 Å². The lowest BCUT2D eigenvalue weighted by atomic mass is 9.33. The van der Waals surface area contributed by atoms with Gasteiger partial charge in [-0.05, 0) is 109 Å². The summed E-state index contributed by atoms with van der Waals surface area (Å²) in [6, 6.07) is 0. The Morgan fingerprint density at radius 1 is 0.796 bits per heavy atom. The molecular formula is C41H62O8. The highest BCUT2D eigenvalue weighted by atomic mass is 16.6. The highest BCUT2D eigenvalue weighted by Gasteiger charge is 2.68.